The van der Waals surface area contributed by atoms with Crippen LogP contribution in [-0.2, 0) is 6.42 Å². The highest BCUT2D eigenvalue weighted by Crippen LogP contribution is 2.22. The molecule has 4 heteroatoms. The van der Waals surface area contributed by atoms with Crippen LogP contribution in [0.4, 0.5) is 4.39 Å². The number of benzene rings is 1. The number of rotatable bonds is 7. The van der Waals surface area contributed by atoms with Crippen LogP contribution in [0, 0.1) is 11.7 Å². The Balaban J connectivity index is 2.04. The van der Waals surface area contributed by atoms with Crippen molar-refractivity contribution in [2.75, 3.05) is 13.1 Å². The molecule has 1 N–H and O–H groups in total. The molecular weight excluding hydrogens is 271 g/mol. The minimum atomic E-state index is -0.180. The zero-order chi connectivity index (χ0) is 14.4. The predicted molar refractivity (Wildman–Crippen MR) is 82.7 cm³/mol. The summed E-state index contributed by atoms with van der Waals surface area (Å²) in [4.78, 5) is 5.40. The van der Waals surface area contributed by atoms with E-state index in [9.17, 15) is 4.39 Å². The van der Waals surface area contributed by atoms with Crippen LogP contribution in [0.3, 0.4) is 0 Å². The summed E-state index contributed by atoms with van der Waals surface area (Å²) >= 11 is 1.68. The van der Waals surface area contributed by atoms with Gasteiger partial charge in [-0.15, -0.1) is 11.3 Å². The SMILES string of the molecule is CC(C)CNCC(Cc1cncs1)c1ccc(F)cc1. The van der Waals surface area contributed by atoms with Crippen molar-refractivity contribution in [1.29, 1.82) is 0 Å². The smallest absolute Gasteiger partial charge is 0.123 e. The van der Waals surface area contributed by atoms with E-state index in [1.54, 1.807) is 11.3 Å². The Bertz CT molecular complexity index is 494. The quantitative estimate of drug-likeness (QED) is 0.838. The van der Waals surface area contributed by atoms with E-state index in [4.69, 9.17) is 0 Å². The molecule has 1 heterocycles. The van der Waals surface area contributed by atoms with Gasteiger partial charge in [-0.2, -0.15) is 0 Å². The monoisotopic (exact) mass is 292 g/mol. The summed E-state index contributed by atoms with van der Waals surface area (Å²) in [6, 6.07) is 6.85. The van der Waals surface area contributed by atoms with Crippen molar-refractivity contribution in [2.24, 2.45) is 5.92 Å². The van der Waals surface area contributed by atoms with Crippen LogP contribution in [0.5, 0.6) is 0 Å². The third kappa shape index (κ3) is 4.69. The Morgan fingerprint density at radius 3 is 2.55 bits per heavy atom. The number of hydrogen-bond acceptors (Lipinski definition) is 3. The van der Waals surface area contributed by atoms with Gasteiger partial charge in [0, 0.05) is 23.5 Å². The van der Waals surface area contributed by atoms with E-state index >= 15 is 0 Å². The van der Waals surface area contributed by atoms with Gasteiger partial charge in [-0.1, -0.05) is 26.0 Å². The van der Waals surface area contributed by atoms with Gasteiger partial charge in [0.05, 0.1) is 5.51 Å². The number of thiazole rings is 1. The fraction of sp³-hybridized carbons (Fsp3) is 0.438. The maximum absolute atomic E-state index is 13.1. The lowest BCUT2D eigenvalue weighted by Gasteiger charge is -2.18. The van der Waals surface area contributed by atoms with Crippen LogP contribution in [0.15, 0.2) is 36.0 Å². The van der Waals surface area contributed by atoms with Crippen molar-refractivity contribution in [2.45, 2.75) is 26.2 Å². The summed E-state index contributed by atoms with van der Waals surface area (Å²) in [7, 11) is 0. The molecule has 1 unspecified atom stereocenters. The van der Waals surface area contributed by atoms with Crippen LogP contribution in [-0.4, -0.2) is 18.1 Å². The van der Waals surface area contributed by atoms with Gasteiger partial charge >= 0.3 is 0 Å². The second-order valence-electron chi connectivity index (χ2n) is 5.47. The van der Waals surface area contributed by atoms with Crippen LogP contribution in [0.25, 0.3) is 0 Å². The van der Waals surface area contributed by atoms with E-state index in [1.165, 1.54) is 22.6 Å². The molecule has 0 spiro atoms. The van der Waals surface area contributed by atoms with E-state index in [1.807, 2.05) is 23.8 Å². The fourth-order valence-electron chi connectivity index (χ4n) is 2.17. The highest BCUT2D eigenvalue weighted by Gasteiger charge is 2.13. The van der Waals surface area contributed by atoms with E-state index in [-0.39, 0.29) is 5.82 Å². The molecule has 0 aliphatic heterocycles. The Morgan fingerprint density at radius 1 is 1.20 bits per heavy atom. The molecule has 1 atom stereocenters. The van der Waals surface area contributed by atoms with Gasteiger partial charge in [-0.05, 0) is 36.6 Å². The molecule has 0 saturated heterocycles. The number of halogens is 1. The Labute approximate surface area is 124 Å². The lowest BCUT2D eigenvalue weighted by molar-refractivity contribution is 0.514. The van der Waals surface area contributed by atoms with Crippen molar-refractivity contribution in [1.82, 2.24) is 10.3 Å². The van der Waals surface area contributed by atoms with E-state index in [2.05, 4.69) is 24.1 Å². The molecule has 0 bridgehead atoms. The standard InChI is InChI=1S/C16H21FN2S/c1-12(2)8-18-9-14(7-16-10-19-11-20-16)13-3-5-15(17)6-4-13/h3-6,10-12,14,18H,7-9H2,1-2H3. The van der Waals surface area contributed by atoms with Crippen LogP contribution >= 0.6 is 11.3 Å². The predicted octanol–water partition coefficient (Wildman–Crippen LogP) is 3.85. The summed E-state index contributed by atoms with van der Waals surface area (Å²) in [6.45, 7) is 6.30. The minimum Gasteiger partial charge on any atom is -0.316 e. The van der Waals surface area contributed by atoms with E-state index in [0.717, 1.165) is 19.5 Å². The van der Waals surface area contributed by atoms with Gasteiger partial charge in [0.1, 0.15) is 5.82 Å². The number of nitrogens with zero attached hydrogens (tertiary/aromatic N) is 1. The van der Waals surface area contributed by atoms with Gasteiger partial charge in [-0.25, -0.2) is 4.39 Å². The van der Waals surface area contributed by atoms with Crippen molar-refractivity contribution in [3.8, 4) is 0 Å². The first-order valence-electron chi connectivity index (χ1n) is 6.98. The largest absolute Gasteiger partial charge is 0.316 e. The first-order valence-corrected chi connectivity index (χ1v) is 7.86. The zero-order valence-corrected chi connectivity index (χ0v) is 12.8. The fourth-order valence-corrected chi connectivity index (χ4v) is 2.85. The van der Waals surface area contributed by atoms with Gasteiger partial charge < -0.3 is 5.32 Å². The van der Waals surface area contributed by atoms with Crippen molar-refractivity contribution < 1.29 is 4.39 Å². The molecular formula is C16H21FN2S. The minimum absolute atomic E-state index is 0.180. The highest BCUT2D eigenvalue weighted by molar-refractivity contribution is 7.09. The normalized spacial score (nSPS) is 12.8. The van der Waals surface area contributed by atoms with Crippen molar-refractivity contribution in [3.05, 3.63) is 52.2 Å². The summed E-state index contributed by atoms with van der Waals surface area (Å²) < 4.78 is 13.1. The molecule has 108 valence electrons. The number of aromatic nitrogens is 1. The molecule has 1 aromatic carbocycles. The Hall–Kier alpha value is -1.26. The molecule has 1 aromatic heterocycles. The lowest BCUT2D eigenvalue weighted by atomic mass is 9.95. The van der Waals surface area contributed by atoms with Crippen molar-refractivity contribution in [3.63, 3.8) is 0 Å². The van der Waals surface area contributed by atoms with Crippen LogP contribution < -0.4 is 5.32 Å². The molecule has 0 aliphatic rings. The third-order valence-corrected chi connectivity index (χ3v) is 4.02. The Morgan fingerprint density at radius 2 is 1.95 bits per heavy atom. The molecule has 0 fully saturated rings. The van der Waals surface area contributed by atoms with E-state index in [0.29, 0.717) is 11.8 Å². The maximum atomic E-state index is 13.1. The third-order valence-electron chi connectivity index (χ3n) is 3.22. The molecule has 2 rings (SSSR count). The first kappa shape index (κ1) is 15.1. The van der Waals surface area contributed by atoms with Gasteiger partial charge in [0.15, 0.2) is 0 Å². The lowest BCUT2D eigenvalue weighted by Crippen LogP contribution is -2.26. The molecule has 0 amide bonds. The van der Waals surface area contributed by atoms with Gasteiger partial charge in [-0.3, -0.25) is 4.98 Å². The number of nitrogens with one attached hydrogen (secondary N) is 1. The second-order valence-corrected chi connectivity index (χ2v) is 6.44. The van der Waals surface area contributed by atoms with Crippen LogP contribution in [0.2, 0.25) is 0 Å². The van der Waals surface area contributed by atoms with E-state index < -0.39 is 0 Å². The second kappa shape index (κ2) is 7.50. The topological polar surface area (TPSA) is 24.9 Å². The maximum Gasteiger partial charge on any atom is 0.123 e. The van der Waals surface area contributed by atoms with Crippen LogP contribution in [0.1, 0.15) is 30.2 Å². The molecule has 0 saturated carbocycles. The average molecular weight is 292 g/mol. The number of hydrogen-bond donors (Lipinski definition) is 1. The molecule has 0 aliphatic carbocycles. The highest BCUT2D eigenvalue weighted by atomic mass is 32.1. The molecule has 0 radical (unpaired) electrons. The molecule has 2 aromatic rings. The average Bonchev–Trinajstić information content (AvgIpc) is 2.91. The molecule has 20 heavy (non-hydrogen) atoms. The summed E-state index contributed by atoms with van der Waals surface area (Å²) in [5, 5.41) is 3.50. The summed E-state index contributed by atoms with van der Waals surface area (Å²) in [5.41, 5.74) is 3.04. The molecule has 2 nitrogen and oxygen atoms in total. The Kier molecular flexibility index (Phi) is 5.68. The van der Waals surface area contributed by atoms with Gasteiger partial charge in [0.2, 0.25) is 0 Å². The van der Waals surface area contributed by atoms with Gasteiger partial charge in [0.25, 0.3) is 0 Å². The summed E-state index contributed by atoms with van der Waals surface area (Å²) in [5.74, 6) is 0.808. The van der Waals surface area contributed by atoms with Crippen molar-refractivity contribution >= 4 is 11.3 Å². The first-order chi connectivity index (χ1) is 9.65. The summed E-state index contributed by atoms with van der Waals surface area (Å²) in [6.07, 6.45) is 2.87. The zero-order valence-electron chi connectivity index (χ0n) is 12.0.